The fourth-order valence-electron chi connectivity index (χ4n) is 0.680. The number of ether oxygens (including phenoxy) is 3. The van der Waals surface area contributed by atoms with E-state index in [1.807, 2.05) is 6.92 Å². The van der Waals surface area contributed by atoms with E-state index in [-0.39, 0.29) is 13.2 Å². The molecule has 0 radical (unpaired) electrons. The molecule has 0 aromatic heterocycles. The Morgan fingerprint density at radius 2 is 1.79 bits per heavy atom. The molecule has 14 heavy (non-hydrogen) atoms. The lowest BCUT2D eigenvalue weighted by Gasteiger charge is -2.06. The fraction of sp³-hybridized carbons (Fsp3) is 0.889. The lowest BCUT2D eigenvalue weighted by molar-refractivity contribution is -0.150. The summed E-state index contributed by atoms with van der Waals surface area (Å²) >= 11 is 0. The van der Waals surface area contributed by atoms with E-state index in [1.54, 1.807) is 0 Å². The van der Waals surface area contributed by atoms with Crippen molar-refractivity contribution in [1.29, 1.82) is 0 Å². The second-order valence-electron chi connectivity index (χ2n) is 2.59. The SMILES string of the molecule is CCOCCOCCOC(=O)C(C)F. The van der Waals surface area contributed by atoms with Gasteiger partial charge in [0.15, 0.2) is 6.17 Å². The normalized spacial score (nSPS) is 12.5. The van der Waals surface area contributed by atoms with Gasteiger partial charge in [-0.05, 0) is 13.8 Å². The van der Waals surface area contributed by atoms with Crippen molar-refractivity contribution >= 4 is 5.97 Å². The van der Waals surface area contributed by atoms with E-state index in [0.29, 0.717) is 19.8 Å². The molecule has 0 aliphatic heterocycles. The minimum atomic E-state index is -1.57. The van der Waals surface area contributed by atoms with Crippen LogP contribution < -0.4 is 0 Å². The van der Waals surface area contributed by atoms with Crippen LogP contribution in [0.4, 0.5) is 4.39 Å². The molecular formula is C9H17FO4. The lowest BCUT2D eigenvalue weighted by atomic mass is 10.4. The van der Waals surface area contributed by atoms with Gasteiger partial charge in [-0.15, -0.1) is 0 Å². The van der Waals surface area contributed by atoms with Crippen molar-refractivity contribution in [3.05, 3.63) is 0 Å². The minimum Gasteiger partial charge on any atom is -0.461 e. The number of hydrogen-bond donors (Lipinski definition) is 0. The molecule has 1 atom stereocenters. The van der Waals surface area contributed by atoms with E-state index >= 15 is 0 Å². The standard InChI is InChI=1S/C9H17FO4/c1-3-12-4-5-13-6-7-14-9(11)8(2)10/h8H,3-7H2,1-2H3. The van der Waals surface area contributed by atoms with E-state index in [2.05, 4.69) is 4.74 Å². The topological polar surface area (TPSA) is 44.8 Å². The van der Waals surface area contributed by atoms with Crippen molar-refractivity contribution < 1.29 is 23.4 Å². The Morgan fingerprint density at radius 1 is 1.21 bits per heavy atom. The molecular weight excluding hydrogens is 191 g/mol. The zero-order chi connectivity index (χ0) is 10.8. The van der Waals surface area contributed by atoms with Gasteiger partial charge in [0.25, 0.3) is 0 Å². The summed E-state index contributed by atoms with van der Waals surface area (Å²) in [5.41, 5.74) is 0. The Balaban J connectivity index is 3.10. The van der Waals surface area contributed by atoms with Crippen LogP contribution >= 0.6 is 0 Å². The van der Waals surface area contributed by atoms with Crippen LogP contribution in [0, 0.1) is 0 Å². The molecule has 5 heteroatoms. The van der Waals surface area contributed by atoms with Crippen LogP contribution in [-0.2, 0) is 19.0 Å². The Labute approximate surface area is 83.3 Å². The summed E-state index contributed by atoms with van der Waals surface area (Å²) < 4.78 is 26.8. The first-order chi connectivity index (χ1) is 6.68. The minimum absolute atomic E-state index is 0.0826. The van der Waals surface area contributed by atoms with Crippen molar-refractivity contribution in [2.24, 2.45) is 0 Å². The zero-order valence-corrected chi connectivity index (χ0v) is 8.62. The highest BCUT2D eigenvalue weighted by molar-refractivity contribution is 5.73. The van der Waals surface area contributed by atoms with Gasteiger partial charge in [-0.25, -0.2) is 9.18 Å². The Morgan fingerprint density at radius 3 is 2.36 bits per heavy atom. The molecule has 0 saturated heterocycles. The predicted molar refractivity (Wildman–Crippen MR) is 48.8 cm³/mol. The first kappa shape index (κ1) is 13.3. The maximum Gasteiger partial charge on any atom is 0.340 e. The van der Waals surface area contributed by atoms with Gasteiger partial charge in [0.1, 0.15) is 6.61 Å². The van der Waals surface area contributed by atoms with Gasteiger partial charge in [0.2, 0.25) is 0 Å². The van der Waals surface area contributed by atoms with Gasteiger partial charge in [0, 0.05) is 6.61 Å². The van der Waals surface area contributed by atoms with Crippen LogP contribution in [0.2, 0.25) is 0 Å². The van der Waals surface area contributed by atoms with Crippen molar-refractivity contribution in [2.75, 3.05) is 33.0 Å². The number of carbonyl (C=O) groups excluding carboxylic acids is 1. The summed E-state index contributed by atoms with van der Waals surface area (Å²) in [6.07, 6.45) is -1.57. The molecule has 1 unspecified atom stereocenters. The van der Waals surface area contributed by atoms with Crippen LogP contribution in [0.15, 0.2) is 0 Å². The maximum absolute atomic E-state index is 12.2. The van der Waals surface area contributed by atoms with Crippen LogP contribution in [0.5, 0.6) is 0 Å². The lowest BCUT2D eigenvalue weighted by Crippen LogP contribution is -2.18. The van der Waals surface area contributed by atoms with Crippen molar-refractivity contribution in [3.63, 3.8) is 0 Å². The molecule has 0 amide bonds. The van der Waals surface area contributed by atoms with Gasteiger partial charge in [0.05, 0.1) is 19.8 Å². The van der Waals surface area contributed by atoms with Crippen LogP contribution in [0.3, 0.4) is 0 Å². The molecule has 0 heterocycles. The van der Waals surface area contributed by atoms with E-state index < -0.39 is 12.1 Å². The van der Waals surface area contributed by atoms with E-state index in [0.717, 1.165) is 6.92 Å². The quantitative estimate of drug-likeness (QED) is 0.440. The smallest absolute Gasteiger partial charge is 0.340 e. The van der Waals surface area contributed by atoms with E-state index in [9.17, 15) is 9.18 Å². The van der Waals surface area contributed by atoms with Gasteiger partial charge < -0.3 is 14.2 Å². The molecule has 0 N–H and O–H groups in total. The number of carbonyl (C=O) groups is 1. The molecule has 0 aromatic rings. The van der Waals surface area contributed by atoms with E-state index in [1.165, 1.54) is 0 Å². The number of alkyl halides is 1. The second-order valence-corrected chi connectivity index (χ2v) is 2.59. The summed E-state index contributed by atoms with van der Waals surface area (Å²) in [4.78, 5) is 10.6. The molecule has 4 nitrogen and oxygen atoms in total. The average molecular weight is 208 g/mol. The van der Waals surface area contributed by atoms with Crippen LogP contribution in [0.25, 0.3) is 0 Å². The van der Waals surface area contributed by atoms with Crippen molar-refractivity contribution in [3.8, 4) is 0 Å². The highest BCUT2D eigenvalue weighted by Gasteiger charge is 2.11. The summed E-state index contributed by atoms with van der Waals surface area (Å²) in [5, 5.41) is 0. The number of halogens is 1. The third-order valence-corrected chi connectivity index (χ3v) is 1.37. The molecule has 0 aliphatic rings. The number of rotatable bonds is 8. The van der Waals surface area contributed by atoms with Gasteiger partial charge >= 0.3 is 5.97 Å². The predicted octanol–water partition coefficient (Wildman–Crippen LogP) is 0.941. The summed E-state index contributed by atoms with van der Waals surface area (Å²) in [6, 6.07) is 0. The summed E-state index contributed by atoms with van der Waals surface area (Å²) in [5.74, 6) is -0.849. The van der Waals surface area contributed by atoms with Crippen molar-refractivity contribution in [2.45, 2.75) is 20.0 Å². The summed E-state index contributed by atoms with van der Waals surface area (Å²) in [7, 11) is 0. The highest BCUT2D eigenvalue weighted by Crippen LogP contribution is 1.92. The van der Waals surface area contributed by atoms with Gasteiger partial charge in [-0.2, -0.15) is 0 Å². The third-order valence-electron chi connectivity index (χ3n) is 1.37. The van der Waals surface area contributed by atoms with Gasteiger partial charge in [-0.3, -0.25) is 0 Å². The fourth-order valence-corrected chi connectivity index (χ4v) is 0.680. The average Bonchev–Trinajstić information content (AvgIpc) is 2.16. The largest absolute Gasteiger partial charge is 0.461 e. The van der Waals surface area contributed by atoms with E-state index in [4.69, 9.17) is 9.47 Å². The molecule has 0 rings (SSSR count). The Kier molecular flexibility index (Phi) is 8.47. The molecule has 0 fully saturated rings. The molecule has 0 bridgehead atoms. The highest BCUT2D eigenvalue weighted by atomic mass is 19.1. The second kappa shape index (κ2) is 8.90. The zero-order valence-electron chi connectivity index (χ0n) is 8.62. The maximum atomic E-state index is 12.2. The molecule has 0 aromatic carbocycles. The monoisotopic (exact) mass is 208 g/mol. The van der Waals surface area contributed by atoms with Crippen molar-refractivity contribution in [1.82, 2.24) is 0 Å². The third kappa shape index (κ3) is 7.94. The Hall–Kier alpha value is -0.680. The molecule has 0 spiro atoms. The first-order valence-electron chi connectivity index (χ1n) is 4.64. The molecule has 84 valence electrons. The number of hydrogen-bond acceptors (Lipinski definition) is 4. The first-order valence-corrected chi connectivity index (χ1v) is 4.64. The van der Waals surface area contributed by atoms with Gasteiger partial charge in [-0.1, -0.05) is 0 Å². The summed E-state index contributed by atoms with van der Waals surface area (Å²) in [6.45, 7) is 5.01. The molecule has 0 aliphatic carbocycles. The number of esters is 1. The van der Waals surface area contributed by atoms with Crippen LogP contribution in [0.1, 0.15) is 13.8 Å². The Bertz CT molecular complexity index is 150. The van der Waals surface area contributed by atoms with Crippen LogP contribution in [-0.4, -0.2) is 45.2 Å². The molecule has 0 saturated carbocycles.